The second-order valence-electron chi connectivity index (χ2n) is 5.81. The predicted molar refractivity (Wildman–Crippen MR) is 97.4 cm³/mol. The summed E-state index contributed by atoms with van der Waals surface area (Å²) < 4.78 is 5.68. The number of carbonyl (C=O) groups is 1. The highest BCUT2D eigenvalue weighted by molar-refractivity contribution is 5.95. The molecule has 2 N–H and O–H groups in total. The molecule has 0 saturated carbocycles. The Hall–Kier alpha value is -3.48. The molecule has 1 aliphatic rings. The minimum Gasteiger partial charge on any atom is -0.478 e. The van der Waals surface area contributed by atoms with Crippen LogP contribution in [0.2, 0.25) is 0 Å². The summed E-state index contributed by atoms with van der Waals surface area (Å²) in [6.07, 6.45) is 4.06. The zero-order valence-electron chi connectivity index (χ0n) is 14.0. The van der Waals surface area contributed by atoms with Crippen molar-refractivity contribution in [2.24, 2.45) is 0 Å². The molecule has 0 atom stereocenters. The van der Waals surface area contributed by atoms with Crippen molar-refractivity contribution in [2.45, 2.75) is 6.42 Å². The maximum absolute atomic E-state index is 12.3. The van der Waals surface area contributed by atoms with Gasteiger partial charge in [-0.05, 0) is 36.8 Å². The number of ether oxygens (including phenoxy) is 1. The highest BCUT2D eigenvalue weighted by atomic mass is 16.5. The molecule has 0 radical (unpaired) electrons. The van der Waals surface area contributed by atoms with Gasteiger partial charge in [-0.15, -0.1) is 0 Å². The van der Waals surface area contributed by atoms with Gasteiger partial charge in [0, 0.05) is 41.8 Å². The average molecular weight is 347 g/mol. The topological polar surface area (TPSA) is 89.0 Å². The third-order valence-electron chi connectivity index (χ3n) is 3.92. The van der Waals surface area contributed by atoms with Crippen molar-refractivity contribution in [1.29, 1.82) is 0 Å². The lowest BCUT2D eigenvalue weighted by Gasteiger charge is -2.11. The molecule has 0 spiro atoms. The Balaban J connectivity index is 1.72. The van der Waals surface area contributed by atoms with Gasteiger partial charge in [-0.1, -0.05) is 6.07 Å². The smallest absolute Gasteiger partial charge is 0.251 e. The predicted octanol–water partition coefficient (Wildman–Crippen LogP) is 2.79. The van der Waals surface area contributed by atoms with Crippen molar-refractivity contribution in [1.82, 2.24) is 20.3 Å². The van der Waals surface area contributed by atoms with Crippen LogP contribution in [0.1, 0.15) is 16.8 Å². The van der Waals surface area contributed by atoms with E-state index in [1.54, 1.807) is 24.5 Å². The first-order valence-corrected chi connectivity index (χ1v) is 8.35. The van der Waals surface area contributed by atoms with E-state index in [9.17, 15) is 4.79 Å². The van der Waals surface area contributed by atoms with Gasteiger partial charge in [0.2, 0.25) is 11.8 Å². The number of pyridine rings is 1. The summed E-state index contributed by atoms with van der Waals surface area (Å²) in [6, 6.07) is 12.8. The van der Waals surface area contributed by atoms with Crippen LogP contribution >= 0.6 is 0 Å². The van der Waals surface area contributed by atoms with Crippen LogP contribution < -0.4 is 15.4 Å². The summed E-state index contributed by atoms with van der Waals surface area (Å²) in [5.41, 5.74) is 2.98. The van der Waals surface area contributed by atoms with Gasteiger partial charge in [0.25, 0.3) is 5.91 Å². The molecule has 0 unspecified atom stereocenters. The molecule has 0 saturated heterocycles. The van der Waals surface area contributed by atoms with Crippen molar-refractivity contribution >= 4 is 17.5 Å². The van der Waals surface area contributed by atoms with Gasteiger partial charge in [-0.2, -0.15) is 0 Å². The fourth-order valence-electron chi connectivity index (χ4n) is 2.65. The van der Waals surface area contributed by atoms with E-state index in [0.29, 0.717) is 37.0 Å². The molecule has 4 rings (SSSR count). The van der Waals surface area contributed by atoms with E-state index in [4.69, 9.17) is 4.74 Å². The minimum absolute atomic E-state index is 0.129. The molecule has 6 bridgehead atoms. The van der Waals surface area contributed by atoms with Crippen LogP contribution in [0.15, 0.2) is 54.9 Å². The van der Waals surface area contributed by atoms with Gasteiger partial charge >= 0.3 is 0 Å². The second kappa shape index (κ2) is 7.18. The van der Waals surface area contributed by atoms with Gasteiger partial charge < -0.3 is 15.4 Å². The summed E-state index contributed by atoms with van der Waals surface area (Å²) in [4.78, 5) is 25.3. The number of rotatable bonds is 0. The first-order valence-electron chi connectivity index (χ1n) is 8.35. The first-order chi connectivity index (χ1) is 12.8. The Morgan fingerprint density at radius 2 is 1.92 bits per heavy atom. The molecule has 3 heterocycles. The highest BCUT2D eigenvalue weighted by Gasteiger charge is 2.09. The van der Waals surface area contributed by atoms with Gasteiger partial charge in [0.1, 0.15) is 0 Å². The Bertz CT molecular complexity index is 944. The SMILES string of the molecule is O=C1NCCCOc2cc(ccn2)-c2ccnc(n2)Nc2cccc1c2. The number of fused-ring (bicyclic) bond motifs is 7. The van der Waals surface area contributed by atoms with Crippen LogP contribution in [0.3, 0.4) is 0 Å². The van der Waals surface area contributed by atoms with Crippen molar-refractivity contribution in [3.63, 3.8) is 0 Å². The van der Waals surface area contributed by atoms with Gasteiger partial charge in [-0.3, -0.25) is 4.79 Å². The van der Waals surface area contributed by atoms with Crippen molar-refractivity contribution in [2.75, 3.05) is 18.5 Å². The Morgan fingerprint density at radius 3 is 2.88 bits per heavy atom. The molecule has 7 nitrogen and oxygen atoms in total. The summed E-state index contributed by atoms with van der Waals surface area (Å²) in [5, 5.41) is 6.03. The lowest BCUT2D eigenvalue weighted by Crippen LogP contribution is -2.25. The number of aromatic nitrogens is 3. The van der Waals surface area contributed by atoms with E-state index in [2.05, 4.69) is 25.6 Å². The van der Waals surface area contributed by atoms with Crippen molar-refractivity contribution in [3.8, 4) is 17.1 Å². The Kier molecular flexibility index (Phi) is 4.42. The standard InChI is InChI=1S/C19H17N5O2/c25-18-14-3-1-4-15(11-14)23-19-22-9-6-16(24-19)13-5-8-20-17(12-13)26-10-2-7-21-18/h1,3-6,8-9,11-12H,2,7,10H2,(H,21,25)(H,22,23,24). The number of hydrogen-bond acceptors (Lipinski definition) is 6. The number of nitrogens with one attached hydrogen (secondary N) is 2. The van der Waals surface area contributed by atoms with E-state index < -0.39 is 0 Å². The lowest BCUT2D eigenvalue weighted by molar-refractivity contribution is 0.0951. The summed E-state index contributed by atoms with van der Waals surface area (Å²) >= 11 is 0. The van der Waals surface area contributed by atoms with E-state index in [1.165, 1.54) is 0 Å². The molecular weight excluding hydrogens is 330 g/mol. The van der Waals surface area contributed by atoms with Crippen LogP contribution in [0.5, 0.6) is 5.88 Å². The highest BCUT2D eigenvalue weighted by Crippen LogP contribution is 2.22. The lowest BCUT2D eigenvalue weighted by atomic mass is 10.2. The van der Waals surface area contributed by atoms with Crippen LogP contribution in [-0.2, 0) is 0 Å². The molecule has 130 valence electrons. The summed E-state index contributed by atoms with van der Waals surface area (Å²) in [5.74, 6) is 0.848. The normalized spacial score (nSPS) is 13.9. The molecule has 2 aromatic heterocycles. The van der Waals surface area contributed by atoms with Crippen LogP contribution in [0.4, 0.5) is 11.6 Å². The van der Waals surface area contributed by atoms with Crippen LogP contribution in [0.25, 0.3) is 11.3 Å². The maximum Gasteiger partial charge on any atom is 0.251 e. The van der Waals surface area contributed by atoms with E-state index in [0.717, 1.165) is 16.9 Å². The van der Waals surface area contributed by atoms with Crippen LogP contribution in [0, 0.1) is 0 Å². The number of carbonyl (C=O) groups excluding carboxylic acids is 1. The van der Waals surface area contributed by atoms with E-state index in [-0.39, 0.29) is 5.91 Å². The third kappa shape index (κ3) is 3.61. The minimum atomic E-state index is -0.129. The number of amides is 1. The maximum atomic E-state index is 12.3. The number of anilines is 2. The molecule has 7 heteroatoms. The molecule has 1 aromatic carbocycles. The quantitative estimate of drug-likeness (QED) is 0.650. The fraction of sp³-hybridized carbons (Fsp3) is 0.158. The molecule has 26 heavy (non-hydrogen) atoms. The van der Waals surface area contributed by atoms with Crippen molar-refractivity contribution < 1.29 is 9.53 Å². The monoisotopic (exact) mass is 347 g/mol. The van der Waals surface area contributed by atoms with E-state index in [1.807, 2.05) is 30.3 Å². The molecule has 0 fully saturated rings. The molecule has 1 amide bonds. The van der Waals surface area contributed by atoms with Crippen LogP contribution in [-0.4, -0.2) is 34.0 Å². The number of benzene rings is 1. The third-order valence-corrected chi connectivity index (χ3v) is 3.92. The Labute approximate surface area is 150 Å². The van der Waals surface area contributed by atoms with Gasteiger partial charge in [-0.25, -0.2) is 15.0 Å². The zero-order chi connectivity index (χ0) is 17.8. The average Bonchev–Trinajstić information content (AvgIpc) is 2.68. The van der Waals surface area contributed by atoms with E-state index >= 15 is 0 Å². The zero-order valence-corrected chi connectivity index (χ0v) is 14.0. The first kappa shape index (κ1) is 16.0. The van der Waals surface area contributed by atoms with Crippen molar-refractivity contribution in [3.05, 3.63) is 60.4 Å². The molecule has 0 aliphatic carbocycles. The van der Waals surface area contributed by atoms with Gasteiger partial charge in [0.15, 0.2) is 0 Å². The molecular formula is C19H17N5O2. The molecule has 3 aromatic rings. The largest absolute Gasteiger partial charge is 0.478 e. The Morgan fingerprint density at radius 1 is 1.00 bits per heavy atom. The molecule has 1 aliphatic heterocycles. The number of nitrogens with zero attached hydrogens (tertiary/aromatic N) is 3. The fourth-order valence-corrected chi connectivity index (χ4v) is 2.65. The second-order valence-corrected chi connectivity index (χ2v) is 5.81. The summed E-state index contributed by atoms with van der Waals surface area (Å²) in [6.45, 7) is 0.992. The number of hydrogen-bond donors (Lipinski definition) is 2. The van der Waals surface area contributed by atoms with Gasteiger partial charge in [0.05, 0.1) is 12.3 Å². The summed E-state index contributed by atoms with van der Waals surface area (Å²) in [7, 11) is 0.